The SMILES string of the molecule is Cc1ccc2c(c1)C(N1C(=O)c3ccccc3C1=O)CNC2. The summed E-state index contributed by atoms with van der Waals surface area (Å²) in [6, 6.07) is 13.0. The van der Waals surface area contributed by atoms with Crippen LogP contribution in [-0.2, 0) is 6.54 Å². The van der Waals surface area contributed by atoms with Crippen LogP contribution in [0, 0.1) is 6.92 Å². The molecule has 1 unspecified atom stereocenters. The smallest absolute Gasteiger partial charge is 0.262 e. The van der Waals surface area contributed by atoms with Gasteiger partial charge in [-0.3, -0.25) is 14.5 Å². The lowest BCUT2D eigenvalue weighted by atomic mass is 9.94. The van der Waals surface area contributed by atoms with Crippen LogP contribution in [0.15, 0.2) is 42.5 Å². The Labute approximate surface area is 128 Å². The molecule has 2 aromatic carbocycles. The number of nitrogens with zero attached hydrogens (tertiary/aromatic N) is 1. The first kappa shape index (κ1) is 13.2. The average Bonchev–Trinajstić information content (AvgIpc) is 2.79. The van der Waals surface area contributed by atoms with Gasteiger partial charge in [-0.1, -0.05) is 35.9 Å². The first-order valence-electron chi connectivity index (χ1n) is 7.44. The van der Waals surface area contributed by atoms with Crippen LogP contribution in [0.25, 0.3) is 0 Å². The molecule has 4 rings (SSSR count). The van der Waals surface area contributed by atoms with E-state index >= 15 is 0 Å². The molecule has 22 heavy (non-hydrogen) atoms. The van der Waals surface area contributed by atoms with E-state index in [0.29, 0.717) is 17.7 Å². The molecule has 1 atom stereocenters. The predicted octanol–water partition coefficient (Wildman–Crippen LogP) is 2.44. The summed E-state index contributed by atoms with van der Waals surface area (Å²) in [5.74, 6) is -0.386. The molecule has 0 bridgehead atoms. The van der Waals surface area contributed by atoms with Gasteiger partial charge in [-0.15, -0.1) is 0 Å². The number of nitrogens with one attached hydrogen (secondary N) is 1. The lowest BCUT2D eigenvalue weighted by Crippen LogP contribution is -2.42. The van der Waals surface area contributed by atoms with Gasteiger partial charge >= 0.3 is 0 Å². The number of hydrogen-bond donors (Lipinski definition) is 1. The summed E-state index contributed by atoms with van der Waals surface area (Å²) >= 11 is 0. The molecule has 4 heteroatoms. The number of aryl methyl sites for hydroxylation is 1. The highest BCUT2D eigenvalue weighted by Gasteiger charge is 2.41. The van der Waals surface area contributed by atoms with Crippen molar-refractivity contribution in [2.24, 2.45) is 0 Å². The Balaban J connectivity index is 1.81. The molecule has 0 saturated heterocycles. The van der Waals surface area contributed by atoms with Gasteiger partial charge in [0.2, 0.25) is 0 Å². The fourth-order valence-electron chi connectivity index (χ4n) is 3.36. The van der Waals surface area contributed by atoms with E-state index in [-0.39, 0.29) is 17.9 Å². The minimum Gasteiger partial charge on any atom is -0.310 e. The zero-order valence-electron chi connectivity index (χ0n) is 12.3. The van der Waals surface area contributed by atoms with Crippen LogP contribution in [0.3, 0.4) is 0 Å². The molecule has 0 fully saturated rings. The highest BCUT2D eigenvalue weighted by Crippen LogP contribution is 2.34. The van der Waals surface area contributed by atoms with Crippen LogP contribution in [0.5, 0.6) is 0 Å². The number of benzene rings is 2. The number of rotatable bonds is 1. The quantitative estimate of drug-likeness (QED) is 0.821. The van der Waals surface area contributed by atoms with E-state index in [0.717, 1.165) is 23.2 Å². The van der Waals surface area contributed by atoms with E-state index in [4.69, 9.17) is 0 Å². The maximum Gasteiger partial charge on any atom is 0.262 e. The molecule has 1 N–H and O–H groups in total. The second-order valence-electron chi connectivity index (χ2n) is 5.87. The number of amides is 2. The van der Waals surface area contributed by atoms with E-state index in [2.05, 4.69) is 23.5 Å². The Morgan fingerprint density at radius 2 is 1.73 bits per heavy atom. The Morgan fingerprint density at radius 1 is 1.05 bits per heavy atom. The maximum absolute atomic E-state index is 12.7. The Kier molecular flexibility index (Phi) is 2.87. The van der Waals surface area contributed by atoms with Crippen LogP contribution in [0.4, 0.5) is 0 Å². The van der Waals surface area contributed by atoms with E-state index in [1.165, 1.54) is 4.90 Å². The molecule has 2 heterocycles. The molecule has 4 nitrogen and oxygen atoms in total. The van der Waals surface area contributed by atoms with Crippen molar-refractivity contribution in [2.45, 2.75) is 19.5 Å². The Hall–Kier alpha value is -2.46. The average molecular weight is 292 g/mol. The molecule has 0 saturated carbocycles. The van der Waals surface area contributed by atoms with Gasteiger partial charge in [0.25, 0.3) is 11.8 Å². The van der Waals surface area contributed by atoms with Gasteiger partial charge in [-0.05, 0) is 30.2 Å². The van der Waals surface area contributed by atoms with Crippen LogP contribution < -0.4 is 5.32 Å². The lowest BCUT2D eigenvalue weighted by Gasteiger charge is -2.32. The zero-order chi connectivity index (χ0) is 15.3. The standard InChI is InChI=1S/C18H16N2O2/c1-11-6-7-12-9-19-10-16(15(12)8-11)20-17(21)13-4-2-3-5-14(13)18(20)22/h2-8,16,19H,9-10H2,1H3. The second-order valence-corrected chi connectivity index (χ2v) is 5.87. The minimum atomic E-state index is -0.240. The van der Waals surface area contributed by atoms with Gasteiger partial charge in [0, 0.05) is 13.1 Å². The molecule has 0 spiro atoms. The van der Waals surface area contributed by atoms with Crippen molar-refractivity contribution in [2.75, 3.05) is 6.54 Å². The van der Waals surface area contributed by atoms with Crippen molar-refractivity contribution in [1.29, 1.82) is 0 Å². The number of imide groups is 1. The van der Waals surface area contributed by atoms with Gasteiger partial charge in [-0.25, -0.2) is 0 Å². The van der Waals surface area contributed by atoms with Crippen LogP contribution in [0.1, 0.15) is 43.4 Å². The minimum absolute atomic E-state index is 0.193. The van der Waals surface area contributed by atoms with Crippen LogP contribution in [-0.4, -0.2) is 23.3 Å². The van der Waals surface area contributed by atoms with E-state index in [1.807, 2.05) is 6.92 Å². The van der Waals surface area contributed by atoms with E-state index in [9.17, 15) is 9.59 Å². The van der Waals surface area contributed by atoms with Crippen molar-refractivity contribution >= 4 is 11.8 Å². The fourth-order valence-corrected chi connectivity index (χ4v) is 3.36. The van der Waals surface area contributed by atoms with E-state index < -0.39 is 0 Å². The van der Waals surface area contributed by atoms with Gasteiger partial charge < -0.3 is 5.32 Å². The maximum atomic E-state index is 12.7. The van der Waals surface area contributed by atoms with Crippen molar-refractivity contribution in [1.82, 2.24) is 10.2 Å². The third-order valence-electron chi connectivity index (χ3n) is 4.45. The molecular formula is C18H16N2O2. The van der Waals surface area contributed by atoms with Crippen molar-refractivity contribution in [3.63, 3.8) is 0 Å². The summed E-state index contributed by atoms with van der Waals surface area (Å²) < 4.78 is 0. The second kappa shape index (κ2) is 4.78. The van der Waals surface area contributed by atoms with Crippen LogP contribution in [0.2, 0.25) is 0 Å². The van der Waals surface area contributed by atoms with Gasteiger partial charge in [-0.2, -0.15) is 0 Å². The third-order valence-corrected chi connectivity index (χ3v) is 4.45. The van der Waals surface area contributed by atoms with Crippen molar-refractivity contribution < 1.29 is 9.59 Å². The topological polar surface area (TPSA) is 49.4 Å². The monoisotopic (exact) mass is 292 g/mol. The summed E-state index contributed by atoms with van der Waals surface area (Å²) in [7, 11) is 0. The molecule has 0 aromatic heterocycles. The third kappa shape index (κ3) is 1.81. The summed E-state index contributed by atoms with van der Waals surface area (Å²) in [5, 5.41) is 3.31. The Morgan fingerprint density at radius 3 is 2.41 bits per heavy atom. The predicted molar refractivity (Wildman–Crippen MR) is 82.6 cm³/mol. The highest BCUT2D eigenvalue weighted by atomic mass is 16.2. The largest absolute Gasteiger partial charge is 0.310 e. The first-order chi connectivity index (χ1) is 10.7. The lowest BCUT2D eigenvalue weighted by molar-refractivity contribution is 0.0574. The number of fused-ring (bicyclic) bond motifs is 2. The van der Waals surface area contributed by atoms with Crippen molar-refractivity contribution in [3.05, 3.63) is 70.3 Å². The molecule has 2 aliphatic rings. The number of carbonyl (C=O) groups is 2. The molecule has 2 amide bonds. The van der Waals surface area contributed by atoms with Gasteiger partial charge in [0.1, 0.15) is 0 Å². The highest BCUT2D eigenvalue weighted by molar-refractivity contribution is 6.21. The van der Waals surface area contributed by atoms with Crippen LogP contribution >= 0.6 is 0 Å². The Bertz CT molecular complexity index is 762. The zero-order valence-corrected chi connectivity index (χ0v) is 12.3. The van der Waals surface area contributed by atoms with Gasteiger partial charge in [0.05, 0.1) is 17.2 Å². The summed E-state index contributed by atoms with van der Waals surface area (Å²) in [6.07, 6.45) is 0. The number of hydrogen-bond acceptors (Lipinski definition) is 3. The molecule has 0 aliphatic carbocycles. The normalized spacial score (nSPS) is 20.0. The van der Waals surface area contributed by atoms with Gasteiger partial charge in [0.15, 0.2) is 0 Å². The van der Waals surface area contributed by atoms with Crippen molar-refractivity contribution in [3.8, 4) is 0 Å². The number of carbonyl (C=O) groups excluding carboxylic acids is 2. The molecule has 2 aromatic rings. The fraction of sp³-hybridized carbons (Fsp3) is 0.222. The summed E-state index contributed by atoms with van der Waals surface area (Å²) in [5.41, 5.74) is 4.38. The summed E-state index contributed by atoms with van der Waals surface area (Å²) in [6.45, 7) is 3.40. The molecular weight excluding hydrogens is 276 g/mol. The summed E-state index contributed by atoms with van der Waals surface area (Å²) in [4.78, 5) is 26.8. The van der Waals surface area contributed by atoms with E-state index in [1.54, 1.807) is 24.3 Å². The molecule has 2 aliphatic heterocycles. The molecule has 110 valence electrons. The molecule has 0 radical (unpaired) electrons. The first-order valence-corrected chi connectivity index (χ1v) is 7.44.